The van der Waals surface area contributed by atoms with Gasteiger partial charge in [-0.2, -0.15) is 0 Å². The summed E-state index contributed by atoms with van der Waals surface area (Å²) >= 11 is 0. The van der Waals surface area contributed by atoms with E-state index in [1.165, 1.54) is 37.1 Å². The van der Waals surface area contributed by atoms with Crippen LogP contribution in [0.4, 0.5) is 0 Å². The fraction of sp³-hybridized carbons (Fsp3) is 0.458. The molecule has 1 fully saturated rings. The summed E-state index contributed by atoms with van der Waals surface area (Å²) in [6.07, 6.45) is 2.66. The van der Waals surface area contributed by atoms with E-state index >= 15 is 0 Å². The Balaban J connectivity index is 0.00000341. The summed E-state index contributed by atoms with van der Waals surface area (Å²) in [5.74, 6) is 2.28. The number of guanidine groups is 1. The summed E-state index contributed by atoms with van der Waals surface area (Å²) in [4.78, 5) is 6.85. The molecule has 2 N–H and O–H groups in total. The number of benzene rings is 2. The molecule has 0 amide bonds. The molecule has 0 spiro atoms. The van der Waals surface area contributed by atoms with Gasteiger partial charge in [-0.1, -0.05) is 30.3 Å². The first kappa shape index (κ1) is 25.3. The van der Waals surface area contributed by atoms with E-state index in [-0.39, 0.29) is 24.0 Å². The van der Waals surface area contributed by atoms with Crippen LogP contribution in [-0.4, -0.2) is 44.7 Å². The van der Waals surface area contributed by atoms with E-state index in [9.17, 15) is 0 Å². The van der Waals surface area contributed by atoms with Crippen molar-refractivity contribution in [3.8, 4) is 11.5 Å². The van der Waals surface area contributed by atoms with Crippen LogP contribution in [0.5, 0.6) is 11.5 Å². The van der Waals surface area contributed by atoms with Crippen molar-refractivity contribution in [2.75, 3.05) is 33.9 Å². The van der Waals surface area contributed by atoms with Crippen LogP contribution in [0.25, 0.3) is 0 Å². The van der Waals surface area contributed by atoms with Gasteiger partial charge in [0.2, 0.25) is 0 Å². The summed E-state index contributed by atoms with van der Waals surface area (Å²) in [7, 11) is 3.44. The number of hydrogen-bond acceptors (Lipinski definition) is 4. The van der Waals surface area contributed by atoms with Crippen molar-refractivity contribution in [2.24, 2.45) is 4.99 Å². The number of methoxy groups -OCH3 is 1. The second-order valence-electron chi connectivity index (χ2n) is 7.50. The Labute approximate surface area is 203 Å². The number of nitrogens with zero attached hydrogens (tertiary/aromatic N) is 2. The van der Waals surface area contributed by atoms with E-state index in [1.54, 1.807) is 14.2 Å². The van der Waals surface area contributed by atoms with E-state index in [4.69, 9.17) is 9.47 Å². The average molecular weight is 538 g/mol. The minimum atomic E-state index is 0. The highest BCUT2D eigenvalue weighted by atomic mass is 127. The molecule has 0 unspecified atom stereocenters. The first-order valence-electron chi connectivity index (χ1n) is 10.8. The minimum absolute atomic E-state index is 0. The topological polar surface area (TPSA) is 58.1 Å². The van der Waals surface area contributed by atoms with Crippen LogP contribution in [0.3, 0.4) is 0 Å². The first-order valence-corrected chi connectivity index (χ1v) is 10.8. The Bertz CT molecular complexity index is 821. The van der Waals surface area contributed by atoms with Gasteiger partial charge in [0.05, 0.1) is 13.7 Å². The molecule has 0 saturated carbocycles. The van der Waals surface area contributed by atoms with Crippen molar-refractivity contribution in [1.82, 2.24) is 15.5 Å². The van der Waals surface area contributed by atoms with Crippen LogP contribution in [0.2, 0.25) is 0 Å². The number of aliphatic imine (C=N–C) groups is 1. The molecular weight excluding hydrogens is 503 g/mol. The number of halogens is 1. The lowest BCUT2D eigenvalue weighted by molar-refractivity contribution is 0.310. The van der Waals surface area contributed by atoms with Crippen LogP contribution >= 0.6 is 24.0 Å². The Morgan fingerprint density at radius 2 is 1.55 bits per heavy atom. The molecule has 0 radical (unpaired) electrons. The summed E-state index contributed by atoms with van der Waals surface area (Å²) in [6.45, 7) is 7.47. The highest BCUT2D eigenvalue weighted by molar-refractivity contribution is 14.0. The van der Waals surface area contributed by atoms with Gasteiger partial charge in [-0.3, -0.25) is 9.89 Å². The molecule has 1 heterocycles. The molecule has 0 aliphatic carbocycles. The van der Waals surface area contributed by atoms with E-state index < -0.39 is 0 Å². The molecule has 0 bridgehead atoms. The molecule has 0 atom stereocenters. The summed E-state index contributed by atoms with van der Waals surface area (Å²) in [5.41, 5.74) is 3.73. The third-order valence-electron chi connectivity index (χ3n) is 5.30. The molecule has 6 nitrogen and oxygen atoms in total. The number of nitrogens with one attached hydrogen (secondary N) is 2. The third-order valence-corrected chi connectivity index (χ3v) is 5.30. The smallest absolute Gasteiger partial charge is 0.191 e. The standard InChI is InChI=1S/C24H34N4O2.HI/c1-4-30-23-15-21(11-12-22(23)29-3)17-27-24(25-2)26-16-19-7-9-20(10-8-19)18-28-13-5-6-14-28;/h7-12,15H,4-6,13-14,16-18H2,1-3H3,(H2,25,26,27);1H. The van der Waals surface area contributed by atoms with Gasteiger partial charge in [0.25, 0.3) is 0 Å². The van der Waals surface area contributed by atoms with Crippen LogP contribution in [0.1, 0.15) is 36.5 Å². The third kappa shape index (κ3) is 7.88. The zero-order chi connectivity index (χ0) is 21.2. The van der Waals surface area contributed by atoms with Gasteiger partial charge >= 0.3 is 0 Å². The molecule has 2 aromatic carbocycles. The van der Waals surface area contributed by atoms with Gasteiger partial charge in [0, 0.05) is 26.7 Å². The molecule has 1 saturated heterocycles. The molecule has 170 valence electrons. The van der Waals surface area contributed by atoms with Crippen molar-refractivity contribution in [2.45, 2.75) is 39.4 Å². The fourth-order valence-electron chi connectivity index (χ4n) is 3.65. The average Bonchev–Trinajstić information content (AvgIpc) is 3.28. The zero-order valence-corrected chi connectivity index (χ0v) is 21.1. The second kappa shape index (κ2) is 13.4. The summed E-state index contributed by atoms with van der Waals surface area (Å²) < 4.78 is 11.0. The SMILES string of the molecule is CCOc1cc(CNC(=NC)NCc2ccc(CN3CCCC3)cc2)ccc1OC.I. The van der Waals surface area contributed by atoms with Crippen molar-refractivity contribution in [3.63, 3.8) is 0 Å². The van der Waals surface area contributed by atoms with Gasteiger partial charge in [-0.15, -0.1) is 24.0 Å². The van der Waals surface area contributed by atoms with E-state index in [1.807, 2.05) is 25.1 Å². The Morgan fingerprint density at radius 3 is 2.16 bits per heavy atom. The predicted octanol–water partition coefficient (Wildman–Crippen LogP) is 4.17. The predicted molar refractivity (Wildman–Crippen MR) is 138 cm³/mol. The van der Waals surface area contributed by atoms with Crippen molar-refractivity contribution >= 4 is 29.9 Å². The molecule has 3 rings (SSSR count). The lowest BCUT2D eigenvalue weighted by Crippen LogP contribution is -2.36. The van der Waals surface area contributed by atoms with E-state index in [0.29, 0.717) is 13.2 Å². The monoisotopic (exact) mass is 538 g/mol. The van der Waals surface area contributed by atoms with Crippen molar-refractivity contribution in [1.29, 1.82) is 0 Å². The fourth-order valence-corrected chi connectivity index (χ4v) is 3.65. The lowest BCUT2D eigenvalue weighted by atomic mass is 10.1. The number of ether oxygens (including phenoxy) is 2. The van der Waals surface area contributed by atoms with E-state index in [2.05, 4.69) is 44.8 Å². The van der Waals surface area contributed by atoms with Gasteiger partial charge < -0.3 is 20.1 Å². The molecule has 2 aromatic rings. The maximum atomic E-state index is 5.66. The lowest BCUT2D eigenvalue weighted by Gasteiger charge is -2.15. The summed E-state index contributed by atoms with van der Waals surface area (Å²) in [6, 6.07) is 14.8. The Morgan fingerprint density at radius 1 is 0.935 bits per heavy atom. The number of hydrogen-bond donors (Lipinski definition) is 2. The molecule has 7 heteroatoms. The molecule has 1 aliphatic rings. The molecule has 0 aromatic heterocycles. The highest BCUT2D eigenvalue weighted by Crippen LogP contribution is 2.27. The highest BCUT2D eigenvalue weighted by Gasteiger charge is 2.11. The van der Waals surface area contributed by atoms with Crippen LogP contribution in [-0.2, 0) is 19.6 Å². The van der Waals surface area contributed by atoms with Gasteiger partial charge in [-0.05, 0) is 61.7 Å². The van der Waals surface area contributed by atoms with Crippen molar-refractivity contribution in [3.05, 3.63) is 59.2 Å². The molecule has 1 aliphatic heterocycles. The maximum absolute atomic E-state index is 5.66. The van der Waals surface area contributed by atoms with Gasteiger partial charge in [0.15, 0.2) is 17.5 Å². The van der Waals surface area contributed by atoms with Crippen LogP contribution in [0.15, 0.2) is 47.5 Å². The quantitative estimate of drug-likeness (QED) is 0.285. The normalized spacial score (nSPS) is 14.1. The zero-order valence-electron chi connectivity index (χ0n) is 18.8. The second-order valence-corrected chi connectivity index (χ2v) is 7.50. The largest absolute Gasteiger partial charge is 0.493 e. The van der Waals surface area contributed by atoms with Crippen molar-refractivity contribution < 1.29 is 9.47 Å². The molecule has 31 heavy (non-hydrogen) atoms. The Hall–Kier alpha value is -2.00. The first-order chi connectivity index (χ1) is 14.7. The van der Waals surface area contributed by atoms with Gasteiger partial charge in [-0.25, -0.2) is 0 Å². The number of likely N-dealkylation sites (tertiary alicyclic amines) is 1. The van der Waals surface area contributed by atoms with Crippen LogP contribution < -0.4 is 20.1 Å². The summed E-state index contributed by atoms with van der Waals surface area (Å²) in [5, 5.41) is 6.74. The Kier molecular flexibility index (Phi) is 10.9. The van der Waals surface area contributed by atoms with E-state index in [0.717, 1.165) is 36.1 Å². The van der Waals surface area contributed by atoms with Gasteiger partial charge in [0.1, 0.15) is 0 Å². The van der Waals surface area contributed by atoms with Crippen LogP contribution in [0, 0.1) is 0 Å². The maximum Gasteiger partial charge on any atom is 0.191 e. The minimum Gasteiger partial charge on any atom is -0.493 e. The molecular formula is C24H35IN4O2. The number of rotatable bonds is 9.